The highest BCUT2D eigenvalue weighted by atomic mass is 79.9. The highest BCUT2D eigenvalue weighted by molar-refractivity contribution is 9.10. The molecular formula is C20H18BrFN2O3. The Labute approximate surface area is 165 Å². The van der Waals surface area contributed by atoms with Crippen LogP contribution in [0.3, 0.4) is 0 Å². The van der Waals surface area contributed by atoms with Gasteiger partial charge >= 0.3 is 0 Å². The third-order valence-electron chi connectivity index (χ3n) is 4.68. The average molecular weight is 433 g/mol. The van der Waals surface area contributed by atoms with E-state index in [1.807, 2.05) is 23.1 Å². The van der Waals surface area contributed by atoms with E-state index < -0.39 is 0 Å². The van der Waals surface area contributed by atoms with Gasteiger partial charge in [0.05, 0.1) is 5.69 Å². The first-order valence-electron chi connectivity index (χ1n) is 8.67. The first-order valence-corrected chi connectivity index (χ1v) is 9.47. The van der Waals surface area contributed by atoms with Gasteiger partial charge in [-0.15, -0.1) is 0 Å². The van der Waals surface area contributed by atoms with E-state index in [2.05, 4.69) is 15.9 Å². The fourth-order valence-corrected chi connectivity index (χ4v) is 3.66. The van der Waals surface area contributed by atoms with Crippen LogP contribution in [0.1, 0.15) is 5.56 Å². The standard InChI is InChI=1S/C20H18BrFN2O3/c21-15-12-19-18(26-13-27-19)11-14(15)5-6-20(25)24-9-7-23(8-10-24)17-4-2-1-3-16(17)22/h1-6,11-12H,7-10,13H2/b6-5+. The summed E-state index contributed by atoms with van der Waals surface area (Å²) in [6.07, 6.45) is 3.32. The first kappa shape index (κ1) is 17.9. The monoisotopic (exact) mass is 432 g/mol. The summed E-state index contributed by atoms with van der Waals surface area (Å²) < 4.78 is 25.4. The number of ether oxygens (including phenoxy) is 2. The molecule has 2 aromatic carbocycles. The van der Waals surface area contributed by atoms with Crippen LogP contribution in [0.4, 0.5) is 10.1 Å². The van der Waals surface area contributed by atoms with Crippen LogP contribution in [0.2, 0.25) is 0 Å². The summed E-state index contributed by atoms with van der Waals surface area (Å²) in [6.45, 7) is 2.53. The maximum Gasteiger partial charge on any atom is 0.246 e. The number of amides is 1. The van der Waals surface area contributed by atoms with Crippen molar-refractivity contribution in [3.63, 3.8) is 0 Å². The van der Waals surface area contributed by atoms with Crippen LogP contribution in [0, 0.1) is 5.82 Å². The Morgan fingerprint density at radius 1 is 1.07 bits per heavy atom. The number of para-hydroxylation sites is 1. The number of carbonyl (C=O) groups excluding carboxylic acids is 1. The SMILES string of the molecule is O=C(/C=C/c1cc2c(cc1Br)OCO2)N1CCN(c2ccccc2F)CC1. The van der Waals surface area contributed by atoms with Crippen molar-refractivity contribution in [2.75, 3.05) is 37.9 Å². The number of anilines is 1. The molecule has 0 aromatic heterocycles. The Hall–Kier alpha value is -2.54. The largest absolute Gasteiger partial charge is 0.454 e. The van der Waals surface area contributed by atoms with Crippen LogP contribution in [0.5, 0.6) is 11.5 Å². The van der Waals surface area contributed by atoms with Crippen molar-refractivity contribution < 1.29 is 18.7 Å². The molecule has 0 atom stereocenters. The van der Waals surface area contributed by atoms with Gasteiger partial charge in [0.2, 0.25) is 12.7 Å². The molecule has 1 saturated heterocycles. The molecule has 2 aromatic rings. The van der Waals surface area contributed by atoms with E-state index in [4.69, 9.17) is 9.47 Å². The van der Waals surface area contributed by atoms with Gasteiger partial charge in [0.25, 0.3) is 0 Å². The second kappa shape index (κ2) is 7.60. The predicted octanol–water partition coefficient (Wildman–Crippen LogP) is 3.68. The second-order valence-electron chi connectivity index (χ2n) is 6.32. The zero-order chi connectivity index (χ0) is 18.8. The summed E-state index contributed by atoms with van der Waals surface area (Å²) in [7, 11) is 0. The van der Waals surface area contributed by atoms with Gasteiger partial charge in [-0.25, -0.2) is 4.39 Å². The molecule has 1 fully saturated rings. The molecule has 2 aliphatic heterocycles. The molecular weight excluding hydrogens is 415 g/mol. The number of benzene rings is 2. The van der Waals surface area contributed by atoms with Crippen LogP contribution < -0.4 is 14.4 Å². The van der Waals surface area contributed by atoms with Crippen molar-refractivity contribution in [2.24, 2.45) is 0 Å². The first-order chi connectivity index (χ1) is 13.1. The Kier molecular flexibility index (Phi) is 5.03. The summed E-state index contributed by atoms with van der Waals surface area (Å²) in [5.74, 6) is 1.07. The van der Waals surface area contributed by atoms with Gasteiger partial charge in [0, 0.05) is 36.7 Å². The lowest BCUT2D eigenvalue weighted by atomic mass is 10.2. The minimum Gasteiger partial charge on any atom is -0.454 e. The molecule has 4 rings (SSSR count). The molecule has 1 amide bonds. The molecule has 7 heteroatoms. The Balaban J connectivity index is 1.39. The third kappa shape index (κ3) is 3.78. The molecule has 27 heavy (non-hydrogen) atoms. The van der Waals surface area contributed by atoms with Crippen molar-refractivity contribution >= 4 is 33.6 Å². The van der Waals surface area contributed by atoms with Crippen LogP contribution >= 0.6 is 15.9 Å². The molecule has 0 unspecified atom stereocenters. The minimum absolute atomic E-state index is 0.0623. The zero-order valence-corrected chi connectivity index (χ0v) is 16.1. The topological polar surface area (TPSA) is 42.0 Å². The second-order valence-corrected chi connectivity index (χ2v) is 7.18. The Morgan fingerprint density at radius 2 is 1.78 bits per heavy atom. The van der Waals surface area contributed by atoms with E-state index in [1.165, 1.54) is 6.07 Å². The molecule has 0 N–H and O–H groups in total. The van der Waals surface area contributed by atoms with E-state index in [1.54, 1.807) is 29.2 Å². The Morgan fingerprint density at radius 3 is 2.52 bits per heavy atom. The smallest absolute Gasteiger partial charge is 0.246 e. The molecule has 0 radical (unpaired) electrons. The van der Waals surface area contributed by atoms with Crippen molar-refractivity contribution in [1.82, 2.24) is 4.90 Å². The number of piperazine rings is 1. The normalized spacial score (nSPS) is 16.2. The van der Waals surface area contributed by atoms with Gasteiger partial charge in [-0.05, 0) is 35.9 Å². The number of nitrogens with zero attached hydrogens (tertiary/aromatic N) is 2. The molecule has 0 spiro atoms. The summed E-state index contributed by atoms with van der Waals surface area (Å²) in [5, 5.41) is 0. The quantitative estimate of drug-likeness (QED) is 0.693. The van der Waals surface area contributed by atoms with E-state index in [0.29, 0.717) is 43.4 Å². The molecule has 0 saturated carbocycles. The van der Waals surface area contributed by atoms with Gasteiger partial charge in [-0.1, -0.05) is 28.1 Å². The highest BCUT2D eigenvalue weighted by Gasteiger charge is 2.21. The lowest BCUT2D eigenvalue weighted by Gasteiger charge is -2.35. The van der Waals surface area contributed by atoms with Gasteiger partial charge < -0.3 is 19.3 Å². The lowest BCUT2D eigenvalue weighted by Crippen LogP contribution is -2.48. The van der Waals surface area contributed by atoms with E-state index in [-0.39, 0.29) is 18.5 Å². The van der Waals surface area contributed by atoms with Gasteiger partial charge in [-0.3, -0.25) is 4.79 Å². The molecule has 2 aliphatic rings. The van der Waals surface area contributed by atoms with Gasteiger partial charge in [0.1, 0.15) is 5.82 Å². The number of hydrogen-bond donors (Lipinski definition) is 0. The number of fused-ring (bicyclic) bond motifs is 1. The maximum atomic E-state index is 13.9. The number of hydrogen-bond acceptors (Lipinski definition) is 4. The fraction of sp³-hybridized carbons (Fsp3) is 0.250. The maximum absolute atomic E-state index is 13.9. The van der Waals surface area contributed by atoms with Crippen LogP contribution in [-0.4, -0.2) is 43.8 Å². The number of halogens is 2. The van der Waals surface area contributed by atoms with Gasteiger partial charge in [0.15, 0.2) is 11.5 Å². The molecule has 0 bridgehead atoms. The highest BCUT2D eigenvalue weighted by Crippen LogP contribution is 2.37. The Bertz CT molecular complexity index is 895. The van der Waals surface area contributed by atoms with Crippen molar-refractivity contribution in [3.8, 4) is 11.5 Å². The molecule has 2 heterocycles. The number of carbonyl (C=O) groups is 1. The van der Waals surface area contributed by atoms with E-state index in [0.717, 1.165) is 10.0 Å². The van der Waals surface area contributed by atoms with Crippen LogP contribution in [0.15, 0.2) is 46.9 Å². The zero-order valence-electron chi connectivity index (χ0n) is 14.5. The molecule has 140 valence electrons. The number of rotatable bonds is 3. The van der Waals surface area contributed by atoms with E-state index >= 15 is 0 Å². The van der Waals surface area contributed by atoms with Crippen LogP contribution in [-0.2, 0) is 4.79 Å². The molecule has 0 aliphatic carbocycles. The van der Waals surface area contributed by atoms with Gasteiger partial charge in [-0.2, -0.15) is 0 Å². The minimum atomic E-state index is -0.232. The summed E-state index contributed by atoms with van der Waals surface area (Å²) in [6, 6.07) is 10.4. The predicted molar refractivity (Wildman–Crippen MR) is 104 cm³/mol. The summed E-state index contributed by atoms with van der Waals surface area (Å²) in [4.78, 5) is 16.2. The third-order valence-corrected chi connectivity index (χ3v) is 5.37. The van der Waals surface area contributed by atoms with Crippen molar-refractivity contribution in [2.45, 2.75) is 0 Å². The van der Waals surface area contributed by atoms with Crippen molar-refractivity contribution in [1.29, 1.82) is 0 Å². The fourth-order valence-electron chi connectivity index (χ4n) is 3.20. The molecule has 5 nitrogen and oxygen atoms in total. The summed E-state index contributed by atoms with van der Waals surface area (Å²) >= 11 is 3.48. The van der Waals surface area contributed by atoms with Crippen LogP contribution in [0.25, 0.3) is 6.08 Å². The summed E-state index contributed by atoms with van der Waals surface area (Å²) in [5.41, 5.74) is 1.43. The van der Waals surface area contributed by atoms with E-state index in [9.17, 15) is 9.18 Å². The van der Waals surface area contributed by atoms with Crippen molar-refractivity contribution in [3.05, 3.63) is 58.3 Å². The lowest BCUT2D eigenvalue weighted by molar-refractivity contribution is -0.126. The average Bonchev–Trinajstić information content (AvgIpc) is 3.13.